The third-order valence-corrected chi connectivity index (χ3v) is 5.87. The van der Waals surface area contributed by atoms with Crippen LogP contribution in [0.2, 0.25) is 0 Å². The molecule has 11 heteroatoms. The zero-order valence-corrected chi connectivity index (χ0v) is 14.4. The zero-order valence-electron chi connectivity index (χ0n) is 12.7. The number of alkyl halides is 3. The van der Waals surface area contributed by atoms with Crippen molar-refractivity contribution in [3.63, 3.8) is 0 Å². The van der Waals surface area contributed by atoms with E-state index in [0.29, 0.717) is 18.0 Å². The van der Waals surface area contributed by atoms with Crippen LogP contribution in [0.1, 0.15) is 20.8 Å². The van der Waals surface area contributed by atoms with E-state index in [1.54, 1.807) is 13.8 Å². The van der Waals surface area contributed by atoms with Crippen LogP contribution in [0.4, 0.5) is 13.2 Å². The first-order valence-corrected chi connectivity index (χ1v) is 9.69. The molecule has 2 N–H and O–H groups in total. The van der Waals surface area contributed by atoms with Crippen molar-refractivity contribution in [2.45, 2.75) is 26.9 Å². The van der Waals surface area contributed by atoms with Crippen LogP contribution in [0.25, 0.3) is 0 Å². The van der Waals surface area contributed by atoms with E-state index in [-0.39, 0.29) is 6.61 Å². The quantitative estimate of drug-likeness (QED) is 0.477. The van der Waals surface area contributed by atoms with Crippen molar-refractivity contribution < 1.29 is 27.5 Å². The first-order valence-electron chi connectivity index (χ1n) is 6.70. The predicted molar refractivity (Wildman–Crippen MR) is 80.9 cm³/mol. The fraction of sp³-hybridized carbons (Fsp3) is 0.818. The zero-order chi connectivity index (χ0) is 17.4. The summed E-state index contributed by atoms with van der Waals surface area (Å²) in [4.78, 5) is 23.3. The van der Waals surface area contributed by atoms with Gasteiger partial charge in [0, 0.05) is 0 Å². The van der Waals surface area contributed by atoms with E-state index >= 15 is 0 Å². The summed E-state index contributed by atoms with van der Waals surface area (Å²) in [6.45, 7) is 5.10. The summed E-state index contributed by atoms with van der Waals surface area (Å²) in [5, 5.41) is 5.81. The van der Waals surface area contributed by atoms with Gasteiger partial charge >= 0.3 is 18.1 Å². The molecule has 6 nitrogen and oxygen atoms in total. The minimum Gasteiger partial charge on any atom is -0.465 e. The van der Waals surface area contributed by atoms with E-state index in [2.05, 4.69) is 14.9 Å². The molecule has 0 aliphatic rings. The van der Waals surface area contributed by atoms with Crippen LogP contribution in [0, 0.1) is 0 Å². The lowest BCUT2D eigenvalue weighted by Gasteiger charge is -2.31. The molecule has 130 valence electrons. The van der Waals surface area contributed by atoms with E-state index in [1.165, 1.54) is 6.92 Å². The van der Waals surface area contributed by atoms with Crippen molar-refractivity contribution >= 4 is 30.0 Å². The van der Waals surface area contributed by atoms with Crippen LogP contribution in [-0.2, 0) is 26.1 Å². The van der Waals surface area contributed by atoms with E-state index in [4.69, 9.17) is 11.8 Å². The van der Waals surface area contributed by atoms with Crippen LogP contribution in [-0.4, -0.2) is 55.5 Å². The molecule has 0 aromatic carbocycles. The molecule has 0 aromatic rings. The minimum atomic E-state index is -5.08. The number of nitrogens with zero attached hydrogens (tertiary/aromatic N) is 1. The molecular weight excluding hydrogens is 342 g/mol. The highest BCUT2D eigenvalue weighted by Gasteiger charge is 2.44. The Balaban J connectivity index is 5.25. The van der Waals surface area contributed by atoms with Gasteiger partial charge in [0.05, 0.1) is 19.2 Å². The summed E-state index contributed by atoms with van der Waals surface area (Å²) in [6, 6.07) is 0. The van der Waals surface area contributed by atoms with Gasteiger partial charge in [0.15, 0.2) is 0 Å². The van der Waals surface area contributed by atoms with Crippen molar-refractivity contribution in [2.24, 2.45) is 0 Å². The maximum Gasteiger partial charge on any atom is 0.471 e. The Morgan fingerprint density at radius 3 is 2.05 bits per heavy atom. The van der Waals surface area contributed by atoms with E-state index in [0.717, 1.165) is 0 Å². The normalized spacial score (nSPS) is 12.1. The molecule has 0 rings (SSSR count). The standard InChI is InChI=1S/C11H21F3N3O3PS/c1-4-15-21(22,16-5-2)8-17(7-9(18)20-6-3)10(19)11(12,13)14/h4-8H2,1-3H3,(H2,15,16,22). The molecule has 0 saturated carbocycles. The number of amides is 1. The van der Waals surface area contributed by atoms with Crippen LogP contribution in [0.3, 0.4) is 0 Å². The van der Waals surface area contributed by atoms with Gasteiger partial charge in [-0.05, 0) is 20.0 Å². The van der Waals surface area contributed by atoms with Gasteiger partial charge in [-0.1, -0.05) is 25.7 Å². The number of carbonyl (C=O) groups is 2. The lowest BCUT2D eigenvalue weighted by molar-refractivity contribution is -0.186. The average molecular weight is 363 g/mol. The summed E-state index contributed by atoms with van der Waals surface area (Å²) in [7, 11) is 0. The van der Waals surface area contributed by atoms with Gasteiger partial charge in [-0.3, -0.25) is 19.8 Å². The molecule has 0 radical (unpaired) electrons. The van der Waals surface area contributed by atoms with Gasteiger partial charge in [0.1, 0.15) is 6.54 Å². The Morgan fingerprint density at radius 2 is 1.68 bits per heavy atom. The second-order valence-electron chi connectivity index (χ2n) is 4.21. The van der Waals surface area contributed by atoms with Crippen LogP contribution in [0.5, 0.6) is 0 Å². The first-order chi connectivity index (χ1) is 10.1. The Labute approximate surface area is 132 Å². The van der Waals surface area contributed by atoms with Gasteiger partial charge in [-0.25, -0.2) is 0 Å². The number of rotatable bonds is 9. The number of hydrogen-bond donors (Lipinski definition) is 2. The average Bonchev–Trinajstić information content (AvgIpc) is 2.36. The number of carbonyl (C=O) groups excluding carboxylic acids is 2. The van der Waals surface area contributed by atoms with Crippen LogP contribution in [0.15, 0.2) is 0 Å². The molecule has 0 aliphatic heterocycles. The third-order valence-electron chi connectivity index (χ3n) is 2.35. The lowest BCUT2D eigenvalue weighted by atomic mass is 10.5. The summed E-state index contributed by atoms with van der Waals surface area (Å²) < 4.78 is 42.6. The second kappa shape index (κ2) is 9.44. The van der Waals surface area contributed by atoms with E-state index in [9.17, 15) is 22.8 Å². The highest BCUT2D eigenvalue weighted by Crippen LogP contribution is 2.37. The third kappa shape index (κ3) is 7.53. The van der Waals surface area contributed by atoms with Gasteiger partial charge in [-0.2, -0.15) is 13.2 Å². The molecule has 0 spiro atoms. The Morgan fingerprint density at radius 1 is 1.18 bits per heavy atom. The largest absolute Gasteiger partial charge is 0.471 e. The van der Waals surface area contributed by atoms with Crippen molar-refractivity contribution in [1.29, 1.82) is 0 Å². The lowest BCUT2D eigenvalue weighted by Crippen LogP contribution is -2.46. The monoisotopic (exact) mass is 363 g/mol. The second-order valence-corrected chi connectivity index (χ2v) is 8.48. The SMILES string of the molecule is CCNP(=S)(CN(CC(=O)OCC)C(=O)C(F)(F)F)NCC. The number of hydrogen-bond acceptors (Lipinski definition) is 4. The number of halogens is 3. The molecule has 0 bridgehead atoms. The molecule has 0 saturated heterocycles. The van der Waals surface area contributed by atoms with E-state index < -0.39 is 37.2 Å². The first kappa shape index (κ1) is 21.3. The van der Waals surface area contributed by atoms with Crippen molar-refractivity contribution in [3.8, 4) is 0 Å². The van der Waals surface area contributed by atoms with Crippen molar-refractivity contribution in [3.05, 3.63) is 0 Å². The fourth-order valence-electron chi connectivity index (χ4n) is 1.63. The topological polar surface area (TPSA) is 70.7 Å². The molecular formula is C11H21F3N3O3PS. The Hall–Kier alpha value is -0.700. The molecule has 0 aromatic heterocycles. The number of ether oxygens (including phenoxy) is 1. The molecule has 0 fully saturated rings. The van der Waals surface area contributed by atoms with Gasteiger partial charge in [0.2, 0.25) is 0 Å². The predicted octanol–water partition coefficient (Wildman–Crippen LogP) is 1.43. The number of esters is 1. The van der Waals surface area contributed by atoms with Gasteiger partial charge < -0.3 is 9.64 Å². The molecule has 1 amide bonds. The van der Waals surface area contributed by atoms with E-state index in [1.807, 2.05) is 0 Å². The molecule has 22 heavy (non-hydrogen) atoms. The summed E-state index contributed by atoms with van der Waals surface area (Å²) in [5.41, 5.74) is 0. The van der Waals surface area contributed by atoms with Crippen molar-refractivity contribution in [1.82, 2.24) is 15.1 Å². The number of nitrogens with one attached hydrogen (secondary N) is 2. The summed E-state index contributed by atoms with van der Waals surface area (Å²) in [6.07, 6.45) is -8.12. The van der Waals surface area contributed by atoms with Gasteiger partial charge in [0.25, 0.3) is 0 Å². The maximum atomic E-state index is 12.7. The molecule has 0 aliphatic carbocycles. The highest BCUT2D eigenvalue weighted by molar-refractivity contribution is 8.12. The fourth-order valence-corrected chi connectivity index (χ4v) is 4.87. The van der Waals surface area contributed by atoms with Crippen molar-refractivity contribution in [2.75, 3.05) is 32.5 Å². The molecule has 0 heterocycles. The molecule has 0 atom stereocenters. The smallest absolute Gasteiger partial charge is 0.465 e. The van der Waals surface area contributed by atoms with Crippen LogP contribution < -0.4 is 10.2 Å². The minimum absolute atomic E-state index is 0.0153. The molecule has 0 unspecified atom stereocenters. The highest BCUT2D eigenvalue weighted by atomic mass is 32.4. The van der Waals surface area contributed by atoms with Crippen LogP contribution >= 0.6 is 6.34 Å². The Kier molecular flexibility index (Phi) is 9.14. The Bertz CT molecular complexity index is 425. The van der Waals surface area contributed by atoms with Gasteiger partial charge in [-0.15, -0.1) is 0 Å². The maximum absolute atomic E-state index is 12.7. The summed E-state index contributed by atoms with van der Waals surface area (Å²) in [5.74, 6) is -3.01. The summed E-state index contributed by atoms with van der Waals surface area (Å²) >= 11 is 5.31.